The summed E-state index contributed by atoms with van der Waals surface area (Å²) in [5.74, 6) is -1.66. The molecule has 1 heterocycles. The molecule has 1 aliphatic heterocycles. The number of aromatic hydroxyl groups is 1. The van der Waals surface area contributed by atoms with Crippen LogP contribution in [-0.4, -0.2) is 23.0 Å². The summed E-state index contributed by atoms with van der Waals surface area (Å²) >= 11 is 0. The van der Waals surface area contributed by atoms with Crippen molar-refractivity contribution in [2.45, 2.75) is 20.0 Å². The van der Waals surface area contributed by atoms with E-state index in [4.69, 9.17) is 0 Å². The monoisotopic (exact) mass is 547 g/mol. The lowest BCUT2D eigenvalue weighted by atomic mass is 10.0. The summed E-state index contributed by atoms with van der Waals surface area (Å²) in [6.45, 7) is 3.63. The molecule has 1 amide bonds. The molecule has 0 saturated carbocycles. The number of benzene rings is 4. The first kappa shape index (κ1) is 26.6. The van der Waals surface area contributed by atoms with Gasteiger partial charge in [0.2, 0.25) is 0 Å². The van der Waals surface area contributed by atoms with Crippen LogP contribution in [0.2, 0.25) is 0 Å². The lowest BCUT2D eigenvalue weighted by molar-refractivity contribution is -0.137. The largest absolute Gasteiger partial charge is 0.505 e. The molecule has 1 aliphatic rings. The first-order valence-corrected chi connectivity index (χ1v) is 12.0. The second-order valence-corrected chi connectivity index (χ2v) is 9.34. The molecule has 0 fully saturated rings. The number of nitrogens with one attached hydrogen (secondary N) is 1. The number of aldehydes is 1. The topological polar surface area (TPSA) is 82.0 Å². The van der Waals surface area contributed by atoms with Crippen molar-refractivity contribution >= 4 is 35.0 Å². The number of hydrogen-bond donors (Lipinski definition) is 2. The number of carbonyl (C=O) groups excluding carboxylic acids is 2. The predicted molar refractivity (Wildman–Crippen MR) is 144 cm³/mol. The molecular formula is C30H21F4N3O3. The summed E-state index contributed by atoms with van der Waals surface area (Å²) in [6.07, 6.45) is -4.26. The van der Waals surface area contributed by atoms with E-state index < -0.39 is 23.5 Å². The number of fused-ring (bicyclic) bond motifs is 1. The van der Waals surface area contributed by atoms with Crippen LogP contribution in [0.4, 0.5) is 34.6 Å². The SMILES string of the molecule is Cc1cc(C)cc(N2C(=O)/C(=N\Nc3cccc(-c4ccc(F)c(C=O)c4)c3O)c3ccc(C(F)(F)F)cc32)c1. The van der Waals surface area contributed by atoms with E-state index in [1.54, 1.807) is 24.3 Å². The summed E-state index contributed by atoms with van der Waals surface area (Å²) < 4.78 is 54.5. The summed E-state index contributed by atoms with van der Waals surface area (Å²) in [7, 11) is 0. The number of amides is 1. The number of alkyl halides is 3. The Morgan fingerprint density at radius 2 is 1.65 bits per heavy atom. The molecule has 0 spiro atoms. The van der Waals surface area contributed by atoms with Gasteiger partial charge in [-0.05, 0) is 79.1 Å². The van der Waals surface area contributed by atoms with Gasteiger partial charge in [-0.15, -0.1) is 0 Å². The molecule has 202 valence electrons. The summed E-state index contributed by atoms with van der Waals surface area (Å²) in [5, 5.41) is 15.1. The quantitative estimate of drug-likeness (QED) is 0.120. The van der Waals surface area contributed by atoms with Gasteiger partial charge in [0.25, 0.3) is 5.91 Å². The molecule has 0 unspecified atom stereocenters. The van der Waals surface area contributed by atoms with E-state index in [0.717, 1.165) is 29.3 Å². The van der Waals surface area contributed by atoms with Gasteiger partial charge in [-0.3, -0.25) is 19.9 Å². The lowest BCUT2D eigenvalue weighted by Crippen LogP contribution is -2.26. The zero-order chi connectivity index (χ0) is 28.8. The first-order chi connectivity index (χ1) is 19.0. The van der Waals surface area contributed by atoms with Crippen LogP contribution in [0.3, 0.4) is 0 Å². The van der Waals surface area contributed by atoms with Gasteiger partial charge in [-0.1, -0.05) is 24.3 Å². The van der Waals surface area contributed by atoms with Crippen LogP contribution in [0.5, 0.6) is 5.75 Å². The van der Waals surface area contributed by atoms with Crippen LogP contribution in [0.25, 0.3) is 11.1 Å². The maximum Gasteiger partial charge on any atom is 0.416 e. The summed E-state index contributed by atoms with van der Waals surface area (Å²) in [4.78, 5) is 25.9. The number of anilines is 3. The Labute approximate surface area is 226 Å². The Bertz CT molecular complexity index is 1690. The molecule has 2 N–H and O–H groups in total. The highest BCUT2D eigenvalue weighted by Crippen LogP contribution is 2.41. The average molecular weight is 548 g/mol. The molecular weight excluding hydrogens is 526 g/mol. The number of rotatable bonds is 5. The lowest BCUT2D eigenvalue weighted by Gasteiger charge is -2.19. The fourth-order valence-electron chi connectivity index (χ4n) is 4.65. The fraction of sp³-hybridized carbons (Fsp3) is 0.100. The van der Waals surface area contributed by atoms with Crippen molar-refractivity contribution in [2.75, 3.05) is 10.3 Å². The molecule has 0 radical (unpaired) electrons. The molecule has 40 heavy (non-hydrogen) atoms. The second-order valence-electron chi connectivity index (χ2n) is 9.34. The van der Waals surface area contributed by atoms with Gasteiger partial charge < -0.3 is 5.11 Å². The van der Waals surface area contributed by atoms with Crippen LogP contribution in [0, 0.1) is 19.7 Å². The van der Waals surface area contributed by atoms with Gasteiger partial charge in [0.05, 0.1) is 22.5 Å². The molecule has 6 nitrogen and oxygen atoms in total. The molecule has 0 aliphatic carbocycles. The van der Waals surface area contributed by atoms with Crippen molar-refractivity contribution in [1.82, 2.24) is 0 Å². The Morgan fingerprint density at radius 3 is 2.33 bits per heavy atom. The minimum absolute atomic E-state index is 0.0241. The summed E-state index contributed by atoms with van der Waals surface area (Å²) in [6, 6.07) is 16.6. The van der Waals surface area contributed by atoms with Crippen molar-refractivity contribution in [3.63, 3.8) is 0 Å². The molecule has 0 atom stereocenters. The van der Waals surface area contributed by atoms with Crippen molar-refractivity contribution < 1.29 is 32.3 Å². The number of halogens is 4. The van der Waals surface area contributed by atoms with Crippen LogP contribution in [-0.2, 0) is 11.0 Å². The Morgan fingerprint density at radius 1 is 0.925 bits per heavy atom. The number of carbonyl (C=O) groups is 2. The Hall–Kier alpha value is -4.99. The normalized spacial score (nSPS) is 14.0. The maximum atomic E-state index is 13.8. The first-order valence-electron chi connectivity index (χ1n) is 12.0. The molecule has 0 aromatic heterocycles. The minimum atomic E-state index is -4.62. The molecule has 4 aromatic carbocycles. The number of aryl methyl sites for hydroxylation is 2. The van der Waals surface area contributed by atoms with E-state index in [1.807, 2.05) is 19.9 Å². The second kappa shape index (κ2) is 9.96. The highest BCUT2D eigenvalue weighted by molar-refractivity contribution is 6.55. The third-order valence-corrected chi connectivity index (χ3v) is 6.45. The van der Waals surface area contributed by atoms with Crippen molar-refractivity contribution in [1.29, 1.82) is 0 Å². The van der Waals surface area contributed by atoms with Gasteiger partial charge in [0.1, 0.15) is 11.6 Å². The van der Waals surface area contributed by atoms with Crippen molar-refractivity contribution in [3.8, 4) is 16.9 Å². The van der Waals surface area contributed by atoms with Crippen molar-refractivity contribution in [2.24, 2.45) is 5.10 Å². The molecule has 4 aromatic rings. The van der Waals surface area contributed by atoms with Gasteiger partial charge >= 0.3 is 6.18 Å². The Balaban J connectivity index is 1.57. The van der Waals surface area contributed by atoms with E-state index in [-0.39, 0.29) is 39.5 Å². The number of hydrazone groups is 1. The highest BCUT2D eigenvalue weighted by Gasteiger charge is 2.39. The molecule has 5 rings (SSSR count). The summed E-state index contributed by atoms with van der Waals surface area (Å²) in [5.41, 5.74) is 4.31. The fourth-order valence-corrected chi connectivity index (χ4v) is 4.65. The smallest absolute Gasteiger partial charge is 0.416 e. The number of phenolic OH excluding ortho intramolecular Hbond substituents is 1. The van der Waals surface area contributed by atoms with E-state index in [9.17, 15) is 32.3 Å². The minimum Gasteiger partial charge on any atom is -0.505 e. The molecule has 10 heteroatoms. The average Bonchev–Trinajstić information content (AvgIpc) is 3.17. The van der Waals surface area contributed by atoms with E-state index in [2.05, 4.69) is 10.5 Å². The van der Waals surface area contributed by atoms with Gasteiger partial charge in [-0.25, -0.2) is 4.39 Å². The number of phenols is 1. The number of nitrogens with zero attached hydrogens (tertiary/aromatic N) is 2. The molecule has 0 bridgehead atoms. The number of hydrogen-bond acceptors (Lipinski definition) is 5. The predicted octanol–water partition coefficient (Wildman–Crippen LogP) is 7.14. The zero-order valence-corrected chi connectivity index (χ0v) is 21.2. The van der Waals surface area contributed by atoms with Gasteiger partial charge in [0.15, 0.2) is 12.0 Å². The van der Waals surface area contributed by atoms with Gasteiger partial charge in [0, 0.05) is 16.8 Å². The zero-order valence-electron chi connectivity index (χ0n) is 21.2. The maximum absolute atomic E-state index is 13.8. The van der Waals surface area contributed by atoms with E-state index >= 15 is 0 Å². The van der Waals surface area contributed by atoms with E-state index in [1.165, 1.54) is 29.2 Å². The Kier molecular flexibility index (Phi) is 6.62. The van der Waals surface area contributed by atoms with Crippen LogP contribution in [0.15, 0.2) is 77.9 Å². The van der Waals surface area contributed by atoms with Crippen molar-refractivity contribution in [3.05, 3.63) is 106 Å². The van der Waals surface area contributed by atoms with Crippen LogP contribution in [0.1, 0.15) is 32.6 Å². The third kappa shape index (κ3) is 4.79. The highest BCUT2D eigenvalue weighted by atomic mass is 19.4. The van der Waals surface area contributed by atoms with Crippen LogP contribution < -0.4 is 10.3 Å². The standard InChI is InChI=1S/C30H21F4N3O3/c1-16-10-17(2)12-21(11-16)37-26-14-20(30(32,33)34)7-8-23(26)27(29(37)40)36-35-25-5-3-4-22(28(25)39)18-6-9-24(31)19(13-18)15-38/h3-15,35,39H,1-2H3/b36-27-. The van der Waals surface area contributed by atoms with Gasteiger partial charge in [-0.2, -0.15) is 18.3 Å². The third-order valence-electron chi connectivity index (χ3n) is 6.45. The number of para-hydroxylation sites is 1. The van der Waals surface area contributed by atoms with Crippen LogP contribution >= 0.6 is 0 Å². The van der Waals surface area contributed by atoms with E-state index in [0.29, 0.717) is 17.5 Å². The molecule has 0 saturated heterocycles.